The lowest BCUT2D eigenvalue weighted by atomic mass is 10.1. The molecular formula is C19H13F3N4S. The van der Waals surface area contributed by atoms with Gasteiger partial charge in [0.2, 0.25) is 0 Å². The summed E-state index contributed by atoms with van der Waals surface area (Å²) in [5, 5.41) is 4.84. The van der Waals surface area contributed by atoms with Crippen molar-refractivity contribution in [2.75, 3.05) is 5.32 Å². The van der Waals surface area contributed by atoms with E-state index in [4.69, 9.17) is 0 Å². The van der Waals surface area contributed by atoms with Gasteiger partial charge in [-0.15, -0.1) is 11.3 Å². The fraction of sp³-hybridized carbons (Fsp3) is 0.0526. The van der Waals surface area contributed by atoms with Crippen LogP contribution in [0.5, 0.6) is 0 Å². The second-order valence-electron chi connectivity index (χ2n) is 5.88. The number of anilines is 2. The minimum atomic E-state index is -0.584. The molecule has 2 aromatic heterocycles. The summed E-state index contributed by atoms with van der Waals surface area (Å²) in [6, 6.07) is 7.90. The minimum absolute atomic E-state index is 0.00657. The molecule has 136 valence electrons. The second kappa shape index (κ2) is 6.88. The zero-order chi connectivity index (χ0) is 19.0. The highest BCUT2D eigenvalue weighted by Crippen LogP contribution is 2.30. The molecule has 0 fully saturated rings. The summed E-state index contributed by atoms with van der Waals surface area (Å²) in [6.07, 6.45) is 3.28. The second-order valence-corrected chi connectivity index (χ2v) is 6.73. The molecule has 4 aromatic rings. The van der Waals surface area contributed by atoms with E-state index in [1.165, 1.54) is 17.4 Å². The molecule has 0 aliphatic heterocycles. The van der Waals surface area contributed by atoms with Crippen LogP contribution in [0.2, 0.25) is 0 Å². The number of hydrogen-bond donors (Lipinski definition) is 1. The maximum absolute atomic E-state index is 14.5. The number of rotatable bonds is 4. The fourth-order valence-electron chi connectivity index (χ4n) is 2.60. The average Bonchev–Trinajstić information content (AvgIpc) is 3.27. The van der Waals surface area contributed by atoms with Gasteiger partial charge < -0.3 is 9.88 Å². The van der Waals surface area contributed by atoms with E-state index in [0.717, 1.165) is 23.9 Å². The summed E-state index contributed by atoms with van der Waals surface area (Å²) < 4.78 is 43.1. The molecule has 4 nitrogen and oxygen atoms in total. The Bertz CT molecular complexity index is 1120. The van der Waals surface area contributed by atoms with E-state index in [9.17, 15) is 13.2 Å². The molecule has 1 N–H and O–H groups in total. The summed E-state index contributed by atoms with van der Waals surface area (Å²) in [4.78, 5) is 8.42. The highest BCUT2D eigenvalue weighted by atomic mass is 32.1. The molecule has 2 aromatic carbocycles. The van der Waals surface area contributed by atoms with Crippen molar-refractivity contribution in [3.05, 3.63) is 77.4 Å². The first-order valence-electron chi connectivity index (χ1n) is 7.98. The lowest BCUT2D eigenvalue weighted by Crippen LogP contribution is -1.96. The van der Waals surface area contributed by atoms with Crippen LogP contribution in [-0.2, 0) is 0 Å². The third-order valence-corrected chi connectivity index (χ3v) is 4.67. The Balaban J connectivity index is 1.60. The lowest BCUT2D eigenvalue weighted by Gasteiger charge is -2.06. The minimum Gasteiger partial charge on any atom is -0.329 e. The number of nitrogens with zero attached hydrogens (tertiary/aromatic N) is 3. The van der Waals surface area contributed by atoms with Gasteiger partial charge in [0.15, 0.2) is 5.13 Å². The van der Waals surface area contributed by atoms with Crippen LogP contribution in [0.1, 0.15) is 5.69 Å². The van der Waals surface area contributed by atoms with Gasteiger partial charge in [-0.25, -0.2) is 23.1 Å². The number of nitrogens with one attached hydrogen (secondary N) is 1. The summed E-state index contributed by atoms with van der Waals surface area (Å²) in [7, 11) is 0. The van der Waals surface area contributed by atoms with Crippen LogP contribution in [0, 0.1) is 24.4 Å². The molecule has 27 heavy (non-hydrogen) atoms. The van der Waals surface area contributed by atoms with Crippen molar-refractivity contribution in [3.8, 4) is 16.9 Å². The zero-order valence-electron chi connectivity index (χ0n) is 14.1. The van der Waals surface area contributed by atoms with Crippen LogP contribution in [0.25, 0.3) is 16.9 Å². The Morgan fingerprint density at radius 2 is 1.89 bits per heavy atom. The van der Waals surface area contributed by atoms with E-state index >= 15 is 0 Å². The summed E-state index contributed by atoms with van der Waals surface area (Å²) in [5.41, 5.74) is 2.28. The maximum atomic E-state index is 14.5. The number of halogens is 3. The Hall–Kier alpha value is -3.13. The van der Waals surface area contributed by atoms with Gasteiger partial charge in [-0.2, -0.15) is 0 Å². The van der Waals surface area contributed by atoms with Crippen molar-refractivity contribution < 1.29 is 13.2 Å². The Morgan fingerprint density at radius 3 is 2.63 bits per heavy atom. The van der Waals surface area contributed by atoms with E-state index in [0.29, 0.717) is 22.1 Å². The molecule has 0 amide bonds. The van der Waals surface area contributed by atoms with Gasteiger partial charge in [0.1, 0.15) is 17.5 Å². The number of thiazole rings is 1. The SMILES string of the molecule is Cc1cn(-c2ccc(-c3csc(Nc4cc(F)ccc4F)n3)cc2F)cn1. The lowest BCUT2D eigenvalue weighted by molar-refractivity contribution is 0.603. The molecule has 0 saturated heterocycles. The van der Waals surface area contributed by atoms with Crippen LogP contribution in [0.4, 0.5) is 24.0 Å². The first kappa shape index (κ1) is 17.3. The van der Waals surface area contributed by atoms with Crippen LogP contribution < -0.4 is 5.32 Å². The van der Waals surface area contributed by atoms with Gasteiger partial charge in [0.05, 0.1) is 29.1 Å². The summed E-state index contributed by atoms with van der Waals surface area (Å²) in [6.45, 7) is 1.83. The highest BCUT2D eigenvalue weighted by molar-refractivity contribution is 7.14. The Kier molecular flexibility index (Phi) is 4.41. The van der Waals surface area contributed by atoms with Crippen molar-refractivity contribution in [1.29, 1.82) is 0 Å². The van der Waals surface area contributed by atoms with Gasteiger partial charge >= 0.3 is 0 Å². The number of imidazole rings is 1. The van der Waals surface area contributed by atoms with Gasteiger partial charge in [0, 0.05) is 23.2 Å². The summed E-state index contributed by atoms with van der Waals surface area (Å²) >= 11 is 1.21. The van der Waals surface area contributed by atoms with Crippen molar-refractivity contribution in [3.63, 3.8) is 0 Å². The molecule has 8 heteroatoms. The molecule has 2 heterocycles. The molecule has 0 bridgehead atoms. The molecule has 0 aliphatic rings. The van der Waals surface area contributed by atoms with Crippen molar-refractivity contribution >= 4 is 22.2 Å². The Labute approximate surface area is 157 Å². The van der Waals surface area contributed by atoms with Gasteiger partial charge in [-0.1, -0.05) is 6.07 Å². The smallest absolute Gasteiger partial charge is 0.187 e. The predicted molar refractivity (Wildman–Crippen MR) is 99.0 cm³/mol. The maximum Gasteiger partial charge on any atom is 0.187 e. The molecular weight excluding hydrogens is 373 g/mol. The normalized spacial score (nSPS) is 11.0. The monoisotopic (exact) mass is 386 g/mol. The van der Waals surface area contributed by atoms with E-state index in [2.05, 4.69) is 15.3 Å². The average molecular weight is 386 g/mol. The molecule has 4 rings (SSSR count). The van der Waals surface area contributed by atoms with Crippen molar-refractivity contribution in [1.82, 2.24) is 14.5 Å². The summed E-state index contributed by atoms with van der Waals surface area (Å²) in [5.74, 6) is -1.55. The third kappa shape index (κ3) is 3.56. The third-order valence-electron chi connectivity index (χ3n) is 3.91. The molecule has 0 unspecified atom stereocenters. The molecule has 0 saturated carbocycles. The van der Waals surface area contributed by atoms with E-state index in [1.807, 2.05) is 6.92 Å². The van der Waals surface area contributed by atoms with Gasteiger partial charge in [-0.3, -0.25) is 0 Å². The van der Waals surface area contributed by atoms with Crippen molar-refractivity contribution in [2.24, 2.45) is 0 Å². The molecule has 0 spiro atoms. The highest BCUT2D eigenvalue weighted by Gasteiger charge is 2.11. The van der Waals surface area contributed by atoms with E-state index < -0.39 is 17.5 Å². The number of aryl methyl sites for hydroxylation is 1. The molecule has 0 aliphatic carbocycles. The van der Waals surface area contributed by atoms with E-state index in [-0.39, 0.29) is 5.69 Å². The van der Waals surface area contributed by atoms with Gasteiger partial charge in [-0.05, 0) is 31.2 Å². The standard InChI is InChI=1S/C19H13F3N4S/c1-11-8-26(10-23-11)18-5-2-12(6-15(18)22)17-9-27-19(25-17)24-16-7-13(20)3-4-14(16)21/h2-10H,1H3,(H,24,25). The predicted octanol–water partition coefficient (Wildman–Crippen LogP) is 5.47. The zero-order valence-corrected chi connectivity index (χ0v) is 14.9. The quantitative estimate of drug-likeness (QED) is 0.506. The van der Waals surface area contributed by atoms with Crippen LogP contribution >= 0.6 is 11.3 Å². The number of hydrogen-bond acceptors (Lipinski definition) is 4. The van der Waals surface area contributed by atoms with Crippen LogP contribution in [-0.4, -0.2) is 14.5 Å². The number of aromatic nitrogens is 3. The fourth-order valence-corrected chi connectivity index (χ4v) is 3.33. The Morgan fingerprint density at radius 1 is 1.04 bits per heavy atom. The largest absolute Gasteiger partial charge is 0.329 e. The van der Waals surface area contributed by atoms with Crippen LogP contribution in [0.3, 0.4) is 0 Å². The van der Waals surface area contributed by atoms with Crippen molar-refractivity contribution in [2.45, 2.75) is 6.92 Å². The van der Waals surface area contributed by atoms with E-state index in [1.54, 1.807) is 34.6 Å². The first-order valence-corrected chi connectivity index (χ1v) is 8.86. The topological polar surface area (TPSA) is 42.7 Å². The number of benzene rings is 2. The molecule has 0 radical (unpaired) electrons. The van der Waals surface area contributed by atoms with Gasteiger partial charge in [0.25, 0.3) is 0 Å². The molecule has 0 atom stereocenters. The first-order chi connectivity index (χ1) is 13.0. The van der Waals surface area contributed by atoms with Crippen LogP contribution in [0.15, 0.2) is 54.3 Å².